The second kappa shape index (κ2) is 12.5. The van der Waals surface area contributed by atoms with Gasteiger partial charge in [-0.25, -0.2) is 17.7 Å². The van der Waals surface area contributed by atoms with E-state index in [9.17, 15) is 13.7 Å². The molecule has 12 heteroatoms. The molecule has 2 aliphatic heterocycles. The summed E-state index contributed by atoms with van der Waals surface area (Å²) < 4.78 is 47.0. The van der Waals surface area contributed by atoms with E-state index in [0.717, 1.165) is 9.87 Å². The number of anilines is 1. The van der Waals surface area contributed by atoms with Crippen molar-refractivity contribution in [1.29, 1.82) is 5.26 Å². The molecule has 0 bridgehead atoms. The van der Waals surface area contributed by atoms with Crippen molar-refractivity contribution in [3.8, 4) is 17.6 Å². The molecule has 1 fully saturated rings. The molecule has 0 saturated carbocycles. The summed E-state index contributed by atoms with van der Waals surface area (Å²) in [6, 6.07) is 18.2. The van der Waals surface area contributed by atoms with Crippen LogP contribution >= 0.6 is 0 Å². The van der Waals surface area contributed by atoms with Gasteiger partial charge in [-0.05, 0) is 93.9 Å². The van der Waals surface area contributed by atoms with Crippen molar-refractivity contribution in [3.05, 3.63) is 101 Å². The highest BCUT2D eigenvalue weighted by Gasteiger charge is 2.62. The predicted molar refractivity (Wildman–Crippen MR) is 174 cm³/mol. The largest absolute Gasteiger partial charge is 0.497 e. The van der Waals surface area contributed by atoms with Crippen LogP contribution in [0.5, 0.6) is 11.5 Å². The molecule has 0 spiro atoms. The van der Waals surface area contributed by atoms with E-state index < -0.39 is 27.5 Å². The van der Waals surface area contributed by atoms with Crippen LogP contribution in [0.25, 0.3) is 0 Å². The average molecular weight is 656 g/mol. The van der Waals surface area contributed by atoms with Gasteiger partial charge in [0.05, 0.1) is 48.7 Å². The van der Waals surface area contributed by atoms with Gasteiger partial charge in [-0.1, -0.05) is 6.07 Å². The zero-order chi connectivity index (χ0) is 33.5. The van der Waals surface area contributed by atoms with Crippen LogP contribution in [-0.4, -0.2) is 63.0 Å². The van der Waals surface area contributed by atoms with Crippen LogP contribution in [0.2, 0.25) is 0 Å². The van der Waals surface area contributed by atoms with Gasteiger partial charge >= 0.3 is 0 Å². The van der Waals surface area contributed by atoms with Gasteiger partial charge in [0.2, 0.25) is 5.89 Å². The molecule has 1 amide bonds. The number of benzene rings is 3. The number of nitrogens with zero attached hydrogens (tertiary/aromatic N) is 5. The lowest BCUT2D eigenvalue weighted by molar-refractivity contribution is -0.127. The highest BCUT2D eigenvalue weighted by molar-refractivity contribution is 7.93. The number of oxazole rings is 1. The Morgan fingerprint density at radius 1 is 1.09 bits per heavy atom. The Hall–Kier alpha value is -4.70. The molecule has 1 saturated heterocycles. The van der Waals surface area contributed by atoms with Gasteiger partial charge in [0.15, 0.2) is 5.54 Å². The van der Waals surface area contributed by atoms with Gasteiger partial charge in [0.1, 0.15) is 17.8 Å². The minimum Gasteiger partial charge on any atom is -0.497 e. The van der Waals surface area contributed by atoms with Gasteiger partial charge < -0.3 is 13.9 Å². The molecule has 3 heterocycles. The van der Waals surface area contributed by atoms with Gasteiger partial charge in [-0.2, -0.15) is 5.26 Å². The molecule has 47 heavy (non-hydrogen) atoms. The normalized spacial score (nSPS) is 19.7. The summed E-state index contributed by atoms with van der Waals surface area (Å²) in [6.07, 6.45) is 4.35. The van der Waals surface area contributed by atoms with E-state index in [1.165, 1.54) is 56.9 Å². The summed E-state index contributed by atoms with van der Waals surface area (Å²) in [5, 5.41) is 10.0. The van der Waals surface area contributed by atoms with Gasteiger partial charge in [0, 0.05) is 30.3 Å². The summed E-state index contributed by atoms with van der Waals surface area (Å²) in [5.74, 6) is 0.594. The molecule has 11 nitrogen and oxygen atoms in total. The topological polar surface area (TPSA) is 129 Å². The smallest absolute Gasteiger partial charge is 0.271 e. The Morgan fingerprint density at radius 3 is 2.49 bits per heavy atom. The SMILES string of the molecule is COc1ccc(S(=O)(=O)N2C(=O)C(c3cc(CN(C)C(C)C)ccc3OC)(N3CCC[C@H]3c3ncco3)c3cc(C#N)ccc32)cc1. The van der Waals surface area contributed by atoms with Crippen molar-refractivity contribution in [3.63, 3.8) is 0 Å². The first kappa shape index (κ1) is 32.2. The van der Waals surface area contributed by atoms with E-state index in [0.29, 0.717) is 54.4 Å². The number of nitriles is 1. The van der Waals surface area contributed by atoms with E-state index >= 15 is 4.79 Å². The number of hydrogen-bond donors (Lipinski definition) is 0. The van der Waals surface area contributed by atoms with Crippen molar-refractivity contribution in [2.24, 2.45) is 0 Å². The summed E-state index contributed by atoms with van der Waals surface area (Å²) in [4.78, 5) is 24.0. The number of fused-ring (bicyclic) bond motifs is 1. The summed E-state index contributed by atoms with van der Waals surface area (Å²) in [7, 11) is 0.580. The molecule has 0 radical (unpaired) electrons. The van der Waals surface area contributed by atoms with Gasteiger partial charge in [-0.3, -0.25) is 14.6 Å². The molecule has 3 aromatic carbocycles. The Kier molecular flexibility index (Phi) is 8.57. The summed E-state index contributed by atoms with van der Waals surface area (Å²) in [6.45, 7) is 5.18. The number of likely N-dealkylation sites (tertiary alicyclic amines) is 1. The molecular weight excluding hydrogens is 618 g/mol. The highest BCUT2D eigenvalue weighted by Crippen LogP contribution is 2.56. The number of carbonyl (C=O) groups is 1. The molecule has 0 N–H and O–H groups in total. The molecule has 0 aliphatic carbocycles. The number of aromatic nitrogens is 1. The molecular formula is C35H37N5O6S. The molecule has 6 rings (SSSR count). The van der Waals surface area contributed by atoms with Crippen molar-refractivity contribution < 1.29 is 27.1 Å². The monoisotopic (exact) mass is 655 g/mol. The fourth-order valence-corrected chi connectivity index (χ4v) is 8.12. The number of methoxy groups -OCH3 is 2. The molecule has 4 aromatic rings. The van der Waals surface area contributed by atoms with Crippen LogP contribution < -0.4 is 13.8 Å². The van der Waals surface area contributed by atoms with E-state index in [-0.39, 0.29) is 22.2 Å². The second-order valence-electron chi connectivity index (χ2n) is 12.1. The lowest BCUT2D eigenvalue weighted by Gasteiger charge is -2.41. The fraction of sp³-hybridized carbons (Fsp3) is 0.343. The van der Waals surface area contributed by atoms with Crippen molar-refractivity contribution in [2.75, 3.05) is 32.1 Å². The molecule has 1 aromatic heterocycles. The molecule has 2 atom stereocenters. The molecule has 2 aliphatic rings. The first-order valence-electron chi connectivity index (χ1n) is 15.4. The zero-order valence-corrected chi connectivity index (χ0v) is 27.8. The standard InChI is InChI=1S/C35H37N5O6S/c1-23(2)38(3)22-25-9-15-32(45-5)29(20-25)35(39-17-6-7-31(39)33-37-16-18-46-33)28-19-24(21-36)8-14-30(28)40(34(35)41)47(42,43)27-12-10-26(44-4)11-13-27/h8-16,18-20,23,31H,6-7,17,22H2,1-5H3/t31-,35?/m0/s1. The van der Waals surface area contributed by atoms with Crippen LogP contribution in [0.1, 0.15) is 60.9 Å². The minimum atomic E-state index is -4.46. The Labute approximate surface area is 275 Å². The number of ether oxygens (including phenoxy) is 2. The predicted octanol–water partition coefficient (Wildman–Crippen LogP) is 5.22. The van der Waals surface area contributed by atoms with Crippen LogP contribution in [0.3, 0.4) is 0 Å². The van der Waals surface area contributed by atoms with Crippen LogP contribution in [-0.2, 0) is 26.9 Å². The summed E-state index contributed by atoms with van der Waals surface area (Å²) >= 11 is 0. The van der Waals surface area contributed by atoms with E-state index in [1.807, 2.05) is 30.1 Å². The molecule has 244 valence electrons. The number of hydrogen-bond acceptors (Lipinski definition) is 10. The maximum atomic E-state index is 15.5. The maximum Gasteiger partial charge on any atom is 0.271 e. The Bertz CT molecular complexity index is 1940. The number of sulfonamides is 1. The first-order valence-corrected chi connectivity index (χ1v) is 16.8. The van der Waals surface area contributed by atoms with Gasteiger partial charge in [0.25, 0.3) is 15.9 Å². The lowest BCUT2D eigenvalue weighted by atomic mass is 9.79. The fourth-order valence-electron chi connectivity index (χ4n) is 6.66. The van der Waals surface area contributed by atoms with E-state index in [2.05, 4.69) is 29.8 Å². The van der Waals surface area contributed by atoms with Crippen LogP contribution in [0, 0.1) is 11.3 Å². The maximum absolute atomic E-state index is 15.5. The third-order valence-electron chi connectivity index (χ3n) is 9.21. The second-order valence-corrected chi connectivity index (χ2v) is 13.9. The van der Waals surface area contributed by atoms with E-state index in [4.69, 9.17) is 13.9 Å². The van der Waals surface area contributed by atoms with Crippen molar-refractivity contribution in [2.45, 2.75) is 55.8 Å². The van der Waals surface area contributed by atoms with Crippen molar-refractivity contribution >= 4 is 21.6 Å². The van der Waals surface area contributed by atoms with Crippen molar-refractivity contribution in [1.82, 2.24) is 14.8 Å². The highest BCUT2D eigenvalue weighted by atomic mass is 32.2. The van der Waals surface area contributed by atoms with Crippen LogP contribution in [0.4, 0.5) is 5.69 Å². The third-order valence-corrected chi connectivity index (χ3v) is 10.9. The lowest BCUT2D eigenvalue weighted by Crippen LogP contribution is -2.54. The third kappa shape index (κ3) is 5.24. The minimum absolute atomic E-state index is 0.0808. The summed E-state index contributed by atoms with van der Waals surface area (Å²) in [5.41, 5.74) is 0.465. The number of carbonyl (C=O) groups excluding carboxylic acids is 1. The Balaban J connectivity index is 1.67. The number of rotatable bonds is 10. The number of amides is 1. The van der Waals surface area contributed by atoms with Crippen LogP contribution in [0.15, 0.2) is 82.4 Å². The van der Waals surface area contributed by atoms with Gasteiger partial charge in [-0.15, -0.1) is 0 Å². The first-order chi connectivity index (χ1) is 22.6. The zero-order valence-electron chi connectivity index (χ0n) is 27.0. The van der Waals surface area contributed by atoms with E-state index in [1.54, 1.807) is 12.3 Å². The average Bonchev–Trinajstić information content (AvgIpc) is 3.83. The quantitative estimate of drug-likeness (QED) is 0.224. The Morgan fingerprint density at radius 2 is 1.85 bits per heavy atom. The molecule has 1 unspecified atom stereocenters.